The van der Waals surface area contributed by atoms with Crippen LogP contribution >= 0.6 is 0 Å². The van der Waals surface area contributed by atoms with E-state index in [1.807, 2.05) is 0 Å². The van der Waals surface area contributed by atoms with Gasteiger partial charge in [-0.25, -0.2) is 0 Å². The quantitative estimate of drug-likeness (QED) is 0.499. The van der Waals surface area contributed by atoms with Crippen LogP contribution in [0.3, 0.4) is 0 Å². The van der Waals surface area contributed by atoms with Crippen molar-refractivity contribution in [2.75, 3.05) is 0 Å². The van der Waals surface area contributed by atoms with E-state index < -0.39 is 0 Å². The Hall–Kier alpha value is -0.790. The van der Waals surface area contributed by atoms with E-state index in [-0.39, 0.29) is 0 Å². The molecule has 0 aromatic carbocycles. The molecule has 0 N–H and O–H groups in total. The highest BCUT2D eigenvalue weighted by molar-refractivity contribution is 5.19. The summed E-state index contributed by atoms with van der Waals surface area (Å²) >= 11 is 0. The van der Waals surface area contributed by atoms with Crippen molar-refractivity contribution >= 4 is 0 Å². The largest absolute Gasteiger partial charge is 0.364 e. The predicted molar refractivity (Wildman–Crippen MR) is 28.5 cm³/mol. The molecule has 0 bridgehead atoms. The Morgan fingerprint density at radius 1 is 1.50 bits per heavy atom. The summed E-state index contributed by atoms with van der Waals surface area (Å²) in [6.07, 6.45) is 5.29. The standard InChI is InChI=1S/C6H7NO/c1-2-5-4-8-7-6(5)3-1/h4H,1-3H2. The molecule has 0 saturated carbocycles. The van der Waals surface area contributed by atoms with Gasteiger partial charge in [0, 0.05) is 5.56 Å². The van der Waals surface area contributed by atoms with E-state index in [2.05, 4.69) is 5.16 Å². The number of hydrogen-bond acceptors (Lipinski definition) is 2. The molecule has 1 aromatic rings. The van der Waals surface area contributed by atoms with Gasteiger partial charge in [0.15, 0.2) is 0 Å². The maximum Gasteiger partial charge on any atom is 0.127 e. The summed E-state index contributed by atoms with van der Waals surface area (Å²) in [5.41, 5.74) is 2.48. The van der Waals surface area contributed by atoms with E-state index in [0.717, 1.165) is 6.42 Å². The van der Waals surface area contributed by atoms with Crippen molar-refractivity contribution in [2.45, 2.75) is 19.3 Å². The van der Waals surface area contributed by atoms with Crippen LogP contribution in [0.25, 0.3) is 0 Å². The first-order valence-corrected chi connectivity index (χ1v) is 2.89. The van der Waals surface area contributed by atoms with Crippen molar-refractivity contribution in [2.24, 2.45) is 0 Å². The molecule has 0 fully saturated rings. The van der Waals surface area contributed by atoms with Crippen molar-refractivity contribution in [3.8, 4) is 0 Å². The topological polar surface area (TPSA) is 26.0 Å². The third-order valence-electron chi connectivity index (χ3n) is 1.59. The molecule has 42 valence electrons. The number of aromatic nitrogens is 1. The van der Waals surface area contributed by atoms with Crippen molar-refractivity contribution in [3.05, 3.63) is 17.5 Å². The minimum absolute atomic E-state index is 1.12. The van der Waals surface area contributed by atoms with Crippen LogP contribution < -0.4 is 0 Å². The third-order valence-corrected chi connectivity index (χ3v) is 1.59. The van der Waals surface area contributed by atoms with Gasteiger partial charge < -0.3 is 4.52 Å². The van der Waals surface area contributed by atoms with E-state index in [9.17, 15) is 0 Å². The molecule has 0 radical (unpaired) electrons. The normalized spacial score (nSPS) is 16.5. The van der Waals surface area contributed by atoms with Crippen LogP contribution in [-0.2, 0) is 12.8 Å². The molecule has 1 heterocycles. The van der Waals surface area contributed by atoms with Crippen LogP contribution in [0, 0.1) is 0 Å². The van der Waals surface area contributed by atoms with Crippen molar-refractivity contribution in [1.29, 1.82) is 0 Å². The van der Waals surface area contributed by atoms with E-state index in [0.29, 0.717) is 0 Å². The van der Waals surface area contributed by atoms with E-state index >= 15 is 0 Å². The molecule has 0 unspecified atom stereocenters. The Kier molecular flexibility index (Phi) is 0.692. The minimum atomic E-state index is 1.12. The Labute approximate surface area is 47.5 Å². The third kappa shape index (κ3) is 0.399. The van der Waals surface area contributed by atoms with Crippen molar-refractivity contribution in [1.82, 2.24) is 5.16 Å². The number of rotatable bonds is 0. The maximum atomic E-state index is 4.74. The molecule has 0 saturated heterocycles. The van der Waals surface area contributed by atoms with Crippen molar-refractivity contribution < 1.29 is 4.52 Å². The summed E-state index contributed by atoms with van der Waals surface area (Å²) in [5.74, 6) is 0. The Bertz CT molecular complexity index is 174. The zero-order valence-electron chi connectivity index (χ0n) is 4.55. The lowest BCUT2D eigenvalue weighted by atomic mass is 10.3. The predicted octanol–water partition coefficient (Wildman–Crippen LogP) is 1.16. The summed E-state index contributed by atoms with van der Waals surface area (Å²) in [4.78, 5) is 0. The number of nitrogens with zero attached hydrogens (tertiary/aromatic N) is 1. The molecule has 1 aliphatic rings. The van der Waals surface area contributed by atoms with Gasteiger partial charge in [-0.1, -0.05) is 5.16 Å². The molecule has 8 heavy (non-hydrogen) atoms. The Balaban J connectivity index is 2.54. The lowest BCUT2D eigenvalue weighted by molar-refractivity contribution is 0.408. The highest BCUT2D eigenvalue weighted by atomic mass is 16.5. The molecule has 2 nitrogen and oxygen atoms in total. The van der Waals surface area contributed by atoms with Gasteiger partial charge in [-0.2, -0.15) is 0 Å². The summed E-state index contributed by atoms with van der Waals surface area (Å²) in [6, 6.07) is 0. The molecule has 2 rings (SSSR count). The Morgan fingerprint density at radius 3 is 3.38 bits per heavy atom. The van der Waals surface area contributed by atoms with Crippen LogP contribution in [-0.4, -0.2) is 5.16 Å². The smallest absolute Gasteiger partial charge is 0.127 e. The van der Waals surface area contributed by atoms with Crippen LogP contribution in [0.4, 0.5) is 0 Å². The summed E-state index contributed by atoms with van der Waals surface area (Å²) < 4.78 is 4.74. The van der Waals surface area contributed by atoms with Gasteiger partial charge in [0.05, 0.1) is 5.69 Å². The Morgan fingerprint density at radius 2 is 2.50 bits per heavy atom. The van der Waals surface area contributed by atoms with E-state index in [1.54, 1.807) is 6.26 Å². The second-order valence-electron chi connectivity index (χ2n) is 2.14. The molecular formula is C6H7NO. The summed E-state index contributed by atoms with van der Waals surface area (Å²) in [6.45, 7) is 0. The number of hydrogen-bond donors (Lipinski definition) is 0. The summed E-state index contributed by atoms with van der Waals surface area (Å²) in [5, 5.41) is 3.82. The van der Waals surface area contributed by atoms with Crippen LogP contribution in [0.1, 0.15) is 17.7 Å². The van der Waals surface area contributed by atoms with E-state index in [4.69, 9.17) is 4.52 Å². The van der Waals surface area contributed by atoms with Gasteiger partial charge in [0.1, 0.15) is 6.26 Å². The molecule has 1 aliphatic carbocycles. The minimum Gasteiger partial charge on any atom is -0.364 e. The fraction of sp³-hybridized carbons (Fsp3) is 0.500. The van der Waals surface area contributed by atoms with Crippen LogP contribution in [0.5, 0.6) is 0 Å². The van der Waals surface area contributed by atoms with Crippen LogP contribution in [0.15, 0.2) is 10.8 Å². The lowest BCUT2D eigenvalue weighted by Gasteiger charge is -1.75. The zero-order valence-corrected chi connectivity index (χ0v) is 4.55. The second-order valence-corrected chi connectivity index (χ2v) is 2.14. The highest BCUT2D eigenvalue weighted by Crippen LogP contribution is 2.18. The average molecular weight is 109 g/mol. The second kappa shape index (κ2) is 1.34. The summed E-state index contributed by atoms with van der Waals surface area (Å²) in [7, 11) is 0. The fourth-order valence-corrected chi connectivity index (χ4v) is 1.14. The molecule has 1 aromatic heterocycles. The molecule has 0 spiro atoms. The first-order chi connectivity index (χ1) is 3.97. The molecule has 0 amide bonds. The SMILES string of the molecule is c1onc2c1CCC2. The molecule has 0 aliphatic heterocycles. The van der Waals surface area contributed by atoms with Crippen molar-refractivity contribution in [3.63, 3.8) is 0 Å². The fourth-order valence-electron chi connectivity index (χ4n) is 1.14. The zero-order chi connectivity index (χ0) is 5.40. The van der Waals surface area contributed by atoms with Gasteiger partial charge in [-0.15, -0.1) is 0 Å². The van der Waals surface area contributed by atoms with Gasteiger partial charge in [-0.3, -0.25) is 0 Å². The van der Waals surface area contributed by atoms with Crippen LogP contribution in [0.2, 0.25) is 0 Å². The molecule has 2 heteroatoms. The monoisotopic (exact) mass is 109 g/mol. The lowest BCUT2D eigenvalue weighted by Crippen LogP contribution is -1.73. The average Bonchev–Trinajstić information content (AvgIpc) is 2.15. The maximum absolute atomic E-state index is 4.74. The highest BCUT2D eigenvalue weighted by Gasteiger charge is 2.12. The van der Waals surface area contributed by atoms with Gasteiger partial charge in [0.2, 0.25) is 0 Å². The first kappa shape index (κ1) is 4.13. The number of fused-ring (bicyclic) bond motifs is 1. The van der Waals surface area contributed by atoms with Gasteiger partial charge >= 0.3 is 0 Å². The first-order valence-electron chi connectivity index (χ1n) is 2.89. The number of aryl methyl sites for hydroxylation is 2. The molecular weight excluding hydrogens is 102 g/mol. The van der Waals surface area contributed by atoms with E-state index in [1.165, 1.54) is 24.1 Å². The van der Waals surface area contributed by atoms with Gasteiger partial charge in [0.25, 0.3) is 0 Å². The molecule has 0 atom stereocenters. The van der Waals surface area contributed by atoms with Gasteiger partial charge in [-0.05, 0) is 19.3 Å².